The van der Waals surface area contributed by atoms with Crippen molar-refractivity contribution in [1.82, 2.24) is 0 Å². The third-order valence-corrected chi connectivity index (χ3v) is 2.51. The van der Waals surface area contributed by atoms with Gasteiger partial charge in [-0.2, -0.15) is 12.6 Å². The molecular weight excluding hydrogens is 208 g/mol. The number of carbonyl (C=O) groups excluding carboxylic acids is 1. The molecule has 2 nitrogen and oxygen atoms in total. The first kappa shape index (κ1) is 14.8. The lowest BCUT2D eigenvalue weighted by Gasteiger charge is -2.27. The molecule has 1 atom stereocenters. The Morgan fingerprint density at radius 2 is 1.73 bits per heavy atom. The molecule has 1 unspecified atom stereocenters. The Kier molecular flexibility index (Phi) is 5.71. The standard InChI is InChI=1S/C12H24O2S/c1-6-7-8-9-12(5,15)10(13)14-11(2,3)4/h15H,6-9H2,1-5H3. The van der Waals surface area contributed by atoms with Crippen LogP contribution in [0.15, 0.2) is 0 Å². The van der Waals surface area contributed by atoms with Crippen molar-refractivity contribution in [3.05, 3.63) is 0 Å². The van der Waals surface area contributed by atoms with E-state index >= 15 is 0 Å². The third-order valence-electron chi connectivity index (χ3n) is 2.11. The lowest BCUT2D eigenvalue weighted by molar-refractivity contribution is -0.157. The average Bonchev–Trinajstić information content (AvgIpc) is 2.01. The zero-order chi connectivity index (χ0) is 12.1. The van der Waals surface area contributed by atoms with E-state index in [4.69, 9.17) is 4.74 Å². The first-order chi connectivity index (χ1) is 6.69. The number of rotatable bonds is 5. The summed E-state index contributed by atoms with van der Waals surface area (Å²) < 4.78 is 4.67. The van der Waals surface area contributed by atoms with Crippen LogP contribution in [0.25, 0.3) is 0 Å². The van der Waals surface area contributed by atoms with Crippen LogP contribution < -0.4 is 0 Å². The molecule has 0 aliphatic heterocycles. The molecule has 0 amide bonds. The minimum Gasteiger partial charge on any atom is -0.459 e. The highest BCUT2D eigenvalue weighted by Crippen LogP contribution is 2.25. The van der Waals surface area contributed by atoms with E-state index in [0.29, 0.717) is 0 Å². The first-order valence-corrected chi connectivity index (χ1v) is 6.09. The number of carbonyl (C=O) groups is 1. The molecule has 0 saturated carbocycles. The Morgan fingerprint density at radius 3 is 2.13 bits per heavy atom. The molecule has 0 radical (unpaired) electrons. The van der Waals surface area contributed by atoms with E-state index in [-0.39, 0.29) is 5.97 Å². The maximum Gasteiger partial charge on any atom is 0.322 e. The van der Waals surface area contributed by atoms with Crippen molar-refractivity contribution in [2.24, 2.45) is 0 Å². The second-order valence-electron chi connectivity index (χ2n) is 5.23. The zero-order valence-corrected chi connectivity index (χ0v) is 11.5. The summed E-state index contributed by atoms with van der Waals surface area (Å²) in [7, 11) is 0. The summed E-state index contributed by atoms with van der Waals surface area (Å²) in [6, 6.07) is 0. The molecule has 0 fully saturated rings. The summed E-state index contributed by atoms with van der Waals surface area (Å²) in [5.41, 5.74) is -0.425. The van der Waals surface area contributed by atoms with E-state index in [0.717, 1.165) is 25.7 Å². The molecule has 0 spiro atoms. The van der Waals surface area contributed by atoms with E-state index in [1.807, 2.05) is 27.7 Å². The van der Waals surface area contributed by atoms with Gasteiger partial charge in [0.1, 0.15) is 10.3 Å². The molecular formula is C12H24O2S. The van der Waals surface area contributed by atoms with Gasteiger partial charge in [0.05, 0.1) is 0 Å². The van der Waals surface area contributed by atoms with Gasteiger partial charge in [0.2, 0.25) is 0 Å². The first-order valence-electron chi connectivity index (χ1n) is 5.65. The van der Waals surface area contributed by atoms with Crippen molar-refractivity contribution < 1.29 is 9.53 Å². The second kappa shape index (κ2) is 5.78. The van der Waals surface area contributed by atoms with Gasteiger partial charge in [0, 0.05) is 0 Å². The van der Waals surface area contributed by atoms with Crippen LogP contribution in [0.1, 0.15) is 60.3 Å². The number of hydrogen-bond donors (Lipinski definition) is 1. The van der Waals surface area contributed by atoms with Crippen molar-refractivity contribution in [2.75, 3.05) is 0 Å². The summed E-state index contributed by atoms with van der Waals surface area (Å²) in [6.45, 7) is 9.60. The lowest BCUT2D eigenvalue weighted by Crippen LogP contribution is -2.36. The van der Waals surface area contributed by atoms with Crippen LogP contribution in [0.2, 0.25) is 0 Å². The normalized spacial score (nSPS) is 15.9. The molecule has 0 aliphatic rings. The fraction of sp³-hybridized carbons (Fsp3) is 0.917. The lowest BCUT2D eigenvalue weighted by atomic mass is 10.0. The summed E-state index contributed by atoms with van der Waals surface area (Å²) in [5.74, 6) is -0.213. The van der Waals surface area contributed by atoms with Gasteiger partial charge in [0.25, 0.3) is 0 Å². The van der Waals surface area contributed by atoms with Gasteiger partial charge in [-0.25, -0.2) is 0 Å². The van der Waals surface area contributed by atoms with Gasteiger partial charge >= 0.3 is 5.97 Å². The van der Waals surface area contributed by atoms with Crippen LogP contribution in [0.5, 0.6) is 0 Å². The van der Waals surface area contributed by atoms with Gasteiger partial charge in [0.15, 0.2) is 0 Å². The van der Waals surface area contributed by atoms with Crippen molar-refractivity contribution in [3.63, 3.8) is 0 Å². The summed E-state index contributed by atoms with van der Waals surface area (Å²) in [6.07, 6.45) is 4.09. The minimum absolute atomic E-state index is 0.213. The van der Waals surface area contributed by atoms with Gasteiger partial charge in [-0.15, -0.1) is 0 Å². The fourth-order valence-electron chi connectivity index (χ4n) is 1.21. The van der Waals surface area contributed by atoms with Crippen LogP contribution in [0, 0.1) is 0 Å². The second-order valence-corrected chi connectivity index (χ2v) is 6.22. The molecule has 0 aromatic rings. The molecule has 3 heteroatoms. The summed E-state index contributed by atoms with van der Waals surface area (Å²) >= 11 is 4.39. The Labute approximate surface area is 99.2 Å². The third kappa shape index (κ3) is 6.82. The Hall–Kier alpha value is -0.180. The summed E-state index contributed by atoms with van der Waals surface area (Å²) in [4.78, 5) is 11.8. The Bertz CT molecular complexity index is 204. The van der Waals surface area contributed by atoms with Crippen molar-refractivity contribution in [3.8, 4) is 0 Å². The average molecular weight is 232 g/mol. The smallest absolute Gasteiger partial charge is 0.322 e. The van der Waals surface area contributed by atoms with E-state index in [9.17, 15) is 4.79 Å². The monoisotopic (exact) mass is 232 g/mol. The molecule has 15 heavy (non-hydrogen) atoms. The number of hydrogen-bond acceptors (Lipinski definition) is 3. The van der Waals surface area contributed by atoms with Gasteiger partial charge in [-0.1, -0.05) is 26.2 Å². The Morgan fingerprint density at radius 1 is 1.20 bits per heavy atom. The van der Waals surface area contributed by atoms with E-state index < -0.39 is 10.3 Å². The Balaban J connectivity index is 4.14. The van der Waals surface area contributed by atoms with E-state index in [1.165, 1.54) is 0 Å². The number of thiol groups is 1. The molecule has 0 aromatic carbocycles. The van der Waals surface area contributed by atoms with Crippen molar-refractivity contribution in [2.45, 2.75) is 70.7 Å². The maximum atomic E-state index is 11.8. The fourth-order valence-corrected chi connectivity index (χ4v) is 1.41. The van der Waals surface area contributed by atoms with Crippen LogP contribution in [-0.2, 0) is 9.53 Å². The largest absolute Gasteiger partial charge is 0.459 e. The molecule has 0 aromatic heterocycles. The van der Waals surface area contributed by atoms with E-state index in [1.54, 1.807) is 0 Å². The topological polar surface area (TPSA) is 26.3 Å². The molecule has 0 N–H and O–H groups in total. The van der Waals surface area contributed by atoms with Gasteiger partial charge < -0.3 is 4.74 Å². The SMILES string of the molecule is CCCCCC(C)(S)C(=O)OC(C)(C)C. The molecule has 0 aliphatic carbocycles. The van der Waals surface area contributed by atoms with E-state index in [2.05, 4.69) is 19.6 Å². The summed E-state index contributed by atoms with van der Waals surface area (Å²) in [5, 5.41) is 0. The predicted molar refractivity (Wildman–Crippen MR) is 67.4 cm³/mol. The molecule has 0 rings (SSSR count). The van der Waals surface area contributed by atoms with Crippen LogP contribution >= 0.6 is 12.6 Å². The number of unbranched alkanes of at least 4 members (excludes halogenated alkanes) is 2. The molecule has 90 valence electrons. The van der Waals surface area contributed by atoms with Crippen LogP contribution in [0.4, 0.5) is 0 Å². The molecule has 0 bridgehead atoms. The number of esters is 1. The molecule has 0 heterocycles. The highest BCUT2D eigenvalue weighted by atomic mass is 32.1. The highest BCUT2D eigenvalue weighted by molar-refractivity contribution is 7.82. The number of ether oxygens (including phenoxy) is 1. The van der Waals surface area contributed by atoms with Crippen LogP contribution in [0.3, 0.4) is 0 Å². The zero-order valence-electron chi connectivity index (χ0n) is 10.6. The molecule has 0 saturated heterocycles. The van der Waals surface area contributed by atoms with Crippen molar-refractivity contribution in [1.29, 1.82) is 0 Å². The minimum atomic E-state index is -0.650. The van der Waals surface area contributed by atoms with Gasteiger partial charge in [-0.3, -0.25) is 4.79 Å². The van der Waals surface area contributed by atoms with Gasteiger partial charge in [-0.05, 0) is 34.1 Å². The van der Waals surface area contributed by atoms with Crippen molar-refractivity contribution >= 4 is 18.6 Å². The highest BCUT2D eigenvalue weighted by Gasteiger charge is 2.32. The quantitative estimate of drug-likeness (QED) is 0.445. The predicted octanol–water partition coefficient (Wildman–Crippen LogP) is 3.60. The maximum absolute atomic E-state index is 11.8. The van der Waals surface area contributed by atoms with Crippen LogP contribution in [-0.4, -0.2) is 16.3 Å².